The van der Waals surface area contributed by atoms with Crippen LogP contribution in [0.15, 0.2) is 48.5 Å². The zero-order valence-electron chi connectivity index (χ0n) is 16.3. The van der Waals surface area contributed by atoms with Crippen molar-refractivity contribution in [2.75, 3.05) is 17.0 Å². The van der Waals surface area contributed by atoms with Crippen LogP contribution in [0.2, 0.25) is 0 Å². The minimum Gasteiger partial charge on any atom is -0.351 e. The molecule has 0 saturated heterocycles. The standard InChI is InChI=1S/C20H23F3N2O3S/c1-4-29(27,28)25-17-11-6-5-10-16(17)18(26)24-13-19(2,3)14-8-7-9-15(12-14)20(21,22)23/h5-12,25H,4,13H2,1-3H3,(H,24,26). The molecule has 9 heteroatoms. The third kappa shape index (κ3) is 5.96. The number of nitrogens with one attached hydrogen (secondary N) is 2. The predicted octanol–water partition coefficient (Wildman–Crippen LogP) is 4.17. The second-order valence-corrected chi connectivity index (χ2v) is 9.21. The highest BCUT2D eigenvalue weighted by molar-refractivity contribution is 7.92. The molecular formula is C20H23F3N2O3S. The van der Waals surface area contributed by atoms with Gasteiger partial charge in [-0.1, -0.05) is 44.2 Å². The number of hydrogen-bond acceptors (Lipinski definition) is 3. The van der Waals surface area contributed by atoms with E-state index in [4.69, 9.17) is 0 Å². The number of halogens is 3. The van der Waals surface area contributed by atoms with Gasteiger partial charge in [0.15, 0.2) is 0 Å². The van der Waals surface area contributed by atoms with E-state index in [1.807, 2.05) is 0 Å². The van der Waals surface area contributed by atoms with E-state index in [0.717, 1.165) is 12.1 Å². The van der Waals surface area contributed by atoms with Gasteiger partial charge in [-0.3, -0.25) is 9.52 Å². The Hall–Kier alpha value is -2.55. The van der Waals surface area contributed by atoms with E-state index in [2.05, 4.69) is 10.0 Å². The molecule has 0 saturated carbocycles. The molecule has 0 aliphatic heterocycles. The van der Waals surface area contributed by atoms with Crippen LogP contribution in [0.25, 0.3) is 0 Å². The lowest BCUT2D eigenvalue weighted by Gasteiger charge is -2.26. The highest BCUT2D eigenvalue weighted by Gasteiger charge is 2.32. The van der Waals surface area contributed by atoms with E-state index in [1.54, 1.807) is 32.0 Å². The first-order valence-corrected chi connectivity index (χ1v) is 10.6. The summed E-state index contributed by atoms with van der Waals surface area (Å²) in [5.74, 6) is -0.676. The van der Waals surface area contributed by atoms with Crippen molar-refractivity contribution < 1.29 is 26.4 Å². The van der Waals surface area contributed by atoms with Crippen LogP contribution in [0.5, 0.6) is 0 Å². The van der Waals surface area contributed by atoms with E-state index in [0.29, 0.717) is 5.56 Å². The van der Waals surface area contributed by atoms with Crippen molar-refractivity contribution in [1.82, 2.24) is 5.32 Å². The molecule has 0 spiro atoms. The summed E-state index contributed by atoms with van der Waals surface area (Å²) in [5, 5.41) is 2.69. The zero-order chi connectivity index (χ0) is 21.9. The van der Waals surface area contributed by atoms with Gasteiger partial charge in [0.25, 0.3) is 5.91 Å². The lowest BCUT2D eigenvalue weighted by Crippen LogP contribution is -2.37. The van der Waals surface area contributed by atoms with Crippen molar-refractivity contribution in [1.29, 1.82) is 0 Å². The SMILES string of the molecule is CCS(=O)(=O)Nc1ccccc1C(=O)NCC(C)(C)c1cccc(C(F)(F)F)c1. The Morgan fingerprint density at radius 2 is 1.62 bits per heavy atom. The Labute approximate surface area is 168 Å². The molecule has 0 heterocycles. The van der Waals surface area contributed by atoms with Crippen LogP contribution in [0.4, 0.5) is 18.9 Å². The fraction of sp³-hybridized carbons (Fsp3) is 0.350. The highest BCUT2D eigenvalue weighted by Crippen LogP contribution is 2.32. The first-order chi connectivity index (χ1) is 13.4. The van der Waals surface area contributed by atoms with Crippen LogP contribution >= 0.6 is 0 Å². The zero-order valence-corrected chi connectivity index (χ0v) is 17.1. The van der Waals surface area contributed by atoms with Crippen molar-refractivity contribution in [2.45, 2.75) is 32.4 Å². The molecule has 0 aliphatic rings. The van der Waals surface area contributed by atoms with Crippen LogP contribution in [0.1, 0.15) is 42.3 Å². The van der Waals surface area contributed by atoms with Gasteiger partial charge in [-0.25, -0.2) is 8.42 Å². The third-order valence-corrected chi connectivity index (χ3v) is 5.77. The average molecular weight is 428 g/mol. The third-order valence-electron chi connectivity index (χ3n) is 4.48. The maximum absolute atomic E-state index is 13.0. The quantitative estimate of drug-likeness (QED) is 0.695. The number of anilines is 1. The molecule has 0 unspecified atom stereocenters. The molecule has 0 radical (unpaired) electrons. The first-order valence-electron chi connectivity index (χ1n) is 8.91. The summed E-state index contributed by atoms with van der Waals surface area (Å²) < 4.78 is 64.9. The Morgan fingerprint density at radius 1 is 1.00 bits per heavy atom. The van der Waals surface area contributed by atoms with Crippen LogP contribution in [0.3, 0.4) is 0 Å². The monoisotopic (exact) mass is 428 g/mol. The lowest BCUT2D eigenvalue weighted by atomic mass is 9.83. The summed E-state index contributed by atoms with van der Waals surface area (Å²) in [6, 6.07) is 11.1. The summed E-state index contributed by atoms with van der Waals surface area (Å²) in [7, 11) is -3.57. The molecule has 1 amide bonds. The number of benzene rings is 2. The van der Waals surface area contributed by atoms with Crippen molar-refractivity contribution >= 4 is 21.6 Å². The van der Waals surface area contributed by atoms with Gasteiger partial charge in [0, 0.05) is 12.0 Å². The Balaban J connectivity index is 2.19. The van der Waals surface area contributed by atoms with Crippen molar-refractivity contribution in [3.05, 3.63) is 65.2 Å². The second kappa shape index (κ2) is 8.44. The summed E-state index contributed by atoms with van der Waals surface area (Å²) >= 11 is 0. The molecule has 2 aromatic rings. The Kier molecular flexibility index (Phi) is 6.62. The number of rotatable bonds is 7. The fourth-order valence-corrected chi connectivity index (χ4v) is 3.28. The van der Waals surface area contributed by atoms with Gasteiger partial charge in [0.05, 0.1) is 22.6 Å². The molecule has 0 aliphatic carbocycles. The number of hydrogen-bond donors (Lipinski definition) is 2. The summed E-state index contributed by atoms with van der Waals surface area (Å²) in [6.07, 6.45) is -4.45. The van der Waals surface area contributed by atoms with E-state index in [1.165, 1.54) is 25.1 Å². The number of carbonyl (C=O) groups is 1. The van der Waals surface area contributed by atoms with Gasteiger partial charge in [-0.15, -0.1) is 0 Å². The molecule has 0 bridgehead atoms. The number of carbonyl (C=O) groups excluding carboxylic acids is 1. The molecule has 2 N–H and O–H groups in total. The summed E-state index contributed by atoms with van der Waals surface area (Å²) in [4.78, 5) is 12.6. The number of sulfonamides is 1. The van der Waals surface area contributed by atoms with E-state index in [-0.39, 0.29) is 23.5 Å². The van der Waals surface area contributed by atoms with Gasteiger partial charge in [0.2, 0.25) is 10.0 Å². The van der Waals surface area contributed by atoms with E-state index >= 15 is 0 Å². The largest absolute Gasteiger partial charge is 0.416 e. The smallest absolute Gasteiger partial charge is 0.351 e. The topological polar surface area (TPSA) is 75.3 Å². The molecule has 2 rings (SSSR count). The molecule has 29 heavy (non-hydrogen) atoms. The predicted molar refractivity (Wildman–Crippen MR) is 106 cm³/mol. The van der Waals surface area contributed by atoms with Crippen molar-refractivity contribution in [3.63, 3.8) is 0 Å². The molecule has 0 aromatic heterocycles. The first kappa shape index (κ1) is 22.7. The minimum absolute atomic E-state index is 0.0575. The molecular weight excluding hydrogens is 405 g/mol. The van der Waals surface area contributed by atoms with Gasteiger partial charge >= 0.3 is 6.18 Å². The van der Waals surface area contributed by atoms with Crippen LogP contribution in [-0.2, 0) is 21.6 Å². The summed E-state index contributed by atoms with van der Waals surface area (Å²) in [6.45, 7) is 4.97. The number of para-hydroxylation sites is 1. The minimum atomic E-state index is -4.45. The number of alkyl halides is 3. The lowest BCUT2D eigenvalue weighted by molar-refractivity contribution is -0.137. The molecule has 5 nitrogen and oxygen atoms in total. The van der Waals surface area contributed by atoms with Crippen LogP contribution < -0.4 is 10.0 Å². The Morgan fingerprint density at radius 3 is 2.24 bits per heavy atom. The van der Waals surface area contributed by atoms with Crippen molar-refractivity contribution in [3.8, 4) is 0 Å². The van der Waals surface area contributed by atoms with Crippen molar-refractivity contribution in [2.24, 2.45) is 0 Å². The van der Waals surface area contributed by atoms with E-state index in [9.17, 15) is 26.4 Å². The molecule has 2 aromatic carbocycles. The van der Waals surface area contributed by atoms with Gasteiger partial charge in [-0.2, -0.15) is 13.2 Å². The van der Waals surface area contributed by atoms with Gasteiger partial charge < -0.3 is 5.32 Å². The maximum atomic E-state index is 13.0. The summed E-state index contributed by atoms with van der Waals surface area (Å²) in [5.41, 5.74) is -0.844. The van der Waals surface area contributed by atoms with E-state index < -0.39 is 33.1 Å². The van der Waals surface area contributed by atoms with Crippen LogP contribution in [-0.4, -0.2) is 26.6 Å². The molecule has 0 fully saturated rings. The van der Waals surface area contributed by atoms with Crippen LogP contribution in [0, 0.1) is 0 Å². The Bertz CT molecular complexity index is 986. The van der Waals surface area contributed by atoms with Gasteiger partial charge in [0.1, 0.15) is 0 Å². The fourth-order valence-electron chi connectivity index (χ4n) is 2.62. The number of amides is 1. The highest BCUT2D eigenvalue weighted by atomic mass is 32.2. The average Bonchev–Trinajstić information content (AvgIpc) is 2.66. The molecule has 0 atom stereocenters. The second-order valence-electron chi connectivity index (χ2n) is 7.20. The van der Waals surface area contributed by atoms with Gasteiger partial charge in [-0.05, 0) is 30.7 Å². The normalized spacial score (nSPS) is 12.5. The maximum Gasteiger partial charge on any atom is 0.416 e. The molecule has 158 valence electrons.